The first-order chi connectivity index (χ1) is 12.8. The van der Waals surface area contributed by atoms with E-state index in [1.807, 2.05) is 22.9 Å². The predicted octanol–water partition coefficient (Wildman–Crippen LogP) is 4.65. The van der Waals surface area contributed by atoms with Crippen LogP contribution in [-0.4, -0.2) is 21.9 Å². The van der Waals surface area contributed by atoms with Gasteiger partial charge >= 0.3 is 0 Å². The second kappa shape index (κ2) is 5.85. The lowest BCUT2D eigenvalue weighted by atomic mass is 10.0. The van der Waals surface area contributed by atoms with Gasteiger partial charge in [0.2, 0.25) is 0 Å². The Morgan fingerprint density at radius 2 is 1.58 bits per heavy atom. The maximum atomic E-state index is 5.34. The molecule has 0 unspecified atom stereocenters. The van der Waals surface area contributed by atoms with Gasteiger partial charge in [-0.25, -0.2) is 9.67 Å². The maximum Gasteiger partial charge on any atom is 0.181 e. The molecule has 1 aliphatic rings. The van der Waals surface area contributed by atoms with Crippen LogP contribution in [0.15, 0.2) is 72.8 Å². The van der Waals surface area contributed by atoms with E-state index in [9.17, 15) is 0 Å². The van der Waals surface area contributed by atoms with Crippen LogP contribution >= 0.6 is 0 Å². The Bertz CT molecular complexity index is 1080. The Balaban J connectivity index is 1.50. The molecule has 4 nitrogen and oxygen atoms in total. The van der Waals surface area contributed by atoms with E-state index in [4.69, 9.17) is 14.8 Å². The van der Waals surface area contributed by atoms with Crippen LogP contribution in [-0.2, 0) is 6.54 Å². The number of aromatic nitrogens is 3. The molecule has 0 bridgehead atoms. The minimum absolute atomic E-state index is 0.754. The molecule has 0 saturated carbocycles. The Morgan fingerprint density at radius 3 is 2.35 bits per heavy atom. The van der Waals surface area contributed by atoms with Gasteiger partial charge in [-0.15, -0.1) is 0 Å². The van der Waals surface area contributed by atoms with Crippen molar-refractivity contribution in [3.8, 4) is 39.7 Å². The van der Waals surface area contributed by atoms with Crippen LogP contribution in [0.1, 0.15) is 5.56 Å². The first kappa shape index (κ1) is 14.9. The van der Waals surface area contributed by atoms with Crippen molar-refractivity contribution in [1.82, 2.24) is 14.8 Å². The molecule has 0 aliphatic carbocycles. The van der Waals surface area contributed by atoms with Crippen molar-refractivity contribution in [2.45, 2.75) is 6.54 Å². The van der Waals surface area contributed by atoms with Crippen molar-refractivity contribution in [2.24, 2.45) is 0 Å². The van der Waals surface area contributed by atoms with Crippen molar-refractivity contribution < 1.29 is 4.74 Å². The van der Waals surface area contributed by atoms with Crippen molar-refractivity contribution >= 4 is 0 Å². The second-order valence-corrected chi connectivity index (χ2v) is 6.38. The van der Waals surface area contributed by atoms with Crippen LogP contribution in [0, 0.1) is 0 Å². The molecule has 0 atom stereocenters. The standard InChI is InChI=1S/C22H17N3O/c1-26-19-12-11-18-14-25-22(20(18)13-19)23-21(24-25)17-9-7-16(8-10-17)15-5-3-2-4-6-15/h2-13H,14H2,1H3. The summed E-state index contributed by atoms with van der Waals surface area (Å²) >= 11 is 0. The van der Waals surface area contributed by atoms with Crippen molar-refractivity contribution in [1.29, 1.82) is 0 Å². The highest BCUT2D eigenvalue weighted by molar-refractivity contribution is 5.71. The van der Waals surface area contributed by atoms with Gasteiger partial charge < -0.3 is 4.74 Å². The fourth-order valence-corrected chi connectivity index (χ4v) is 3.41. The van der Waals surface area contributed by atoms with Crippen LogP contribution in [0.3, 0.4) is 0 Å². The summed E-state index contributed by atoms with van der Waals surface area (Å²) in [6, 6.07) is 24.9. The first-order valence-electron chi connectivity index (χ1n) is 8.60. The third-order valence-corrected chi connectivity index (χ3v) is 4.80. The fraction of sp³-hybridized carbons (Fsp3) is 0.0909. The topological polar surface area (TPSA) is 39.9 Å². The molecule has 3 aromatic carbocycles. The zero-order chi connectivity index (χ0) is 17.5. The van der Waals surface area contributed by atoms with Crippen molar-refractivity contribution in [2.75, 3.05) is 7.11 Å². The van der Waals surface area contributed by atoms with E-state index in [-0.39, 0.29) is 0 Å². The Kier molecular flexibility index (Phi) is 3.35. The summed E-state index contributed by atoms with van der Waals surface area (Å²) in [6.45, 7) is 0.754. The van der Waals surface area contributed by atoms with E-state index >= 15 is 0 Å². The minimum atomic E-state index is 0.754. The number of methoxy groups -OCH3 is 1. The number of hydrogen-bond donors (Lipinski definition) is 0. The number of nitrogens with zero attached hydrogens (tertiary/aromatic N) is 3. The van der Waals surface area contributed by atoms with Gasteiger partial charge in [0.05, 0.1) is 13.7 Å². The van der Waals surface area contributed by atoms with Crippen LogP contribution < -0.4 is 4.74 Å². The molecule has 26 heavy (non-hydrogen) atoms. The Morgan fingerprint density at radius 1 is 0.846 bits per heavy atom. The lowest BCUT2D eigenvalue weighted by molar-refractivity contribution is 0.415. The normalized spacial score (nSPS) is 11.9. The zero-order valence-electron chi connectivity index (χ0n) is 14.4. The molecule has 0 saturated heterocycles. The summed E-state index contributed by atoms with van der Waals surface area (Å²) in [7, 11) is 1.68. The smallest absolute Gasteiger partial charge is 0.181 e. The lowest BCUT2D eigenvalue weighted by Crippen LogP contribution is -1.95. The first-order valence-corrected chi connectivity index (χ1v) is 8.60. The summed E-state index contributed by atoms with van der Waals surface area (Å²) in [5.74, 6) is 2.50. The van der Waals surface area contributed by atoms with Crippen molar-refractivity contribution in [3.05, 3.63) is 78.4 Å². The summed E-state index contributed by atoms with van der Waals surface area (Å²) in [6.07, 6.45) is 0. The van der Waals surface area contributed by atoms with Gasteiger partial charge in [0.25, 0.3) is 0 Å². The Hall–Kier alpha value is -3.40. The monoisotopic (exact) mass is 339 g/mol. The van der Waals surface area contributed by atoms with Gasteiger partial charge in [0.15, 0.2) is 11.6 Å². The number of hydrogen-bond acceptors (Lipinski definition) is 3. The van der Waals surface area contributed by atoms with Crippen LogP contribution in [0.4, 0.5) is 0 Å². The van der Waals surface area contributed by atoms with Gasteiger partial charge in [-0.2, -0.15) is 5.10 Å². The summed E-state index contributed by atoms with van der Waals surface area (Å²) in [5.41, 5.74) is 5.75. The molecule has 0 N–H and O–H groups in total. The maximum absolute atomic E-state index is 5.34. The number of rotatable bonds is 3. The van der Waals surface area contributed by atoms with Gasteiger partial charge in [-0.3, -0.25) is 0 Å². The van der Waals surface area contributed by atoms with E-state index in [0.29, 0.717) is 0 Å². The molecule has 0 amide bonds. The third-order valence-electron chi connectivity index (χ3n) is 4.80. The highest BCUT2D eigenvalue weighted by atomic mass is 16.5. The van der Waals surface area contributed by atoms with Crippen LogP contribution in [0.5, 0.6) is 5.75 Å². The molecule has 5 rings (SSSR count). The average Bonchev–Trinajstić information content (AvgIpc) is 3.26. The number of ether oxygens (including phenoxy) is 1. The SMILES string of the molecule is COc1ccc2c(c1)-c1nc(-c3ccc(-c4ccccc4)cc3)nn1C2. The summed E-state index contributed by atoms with van der Waals surface area (Å²) in [4.78, 5) is 4.78. The largest absolute Gasteiger partial charge is 0.497 e. The Labute approximate surface area is 151 Å². The predicted molar refractivity (Wildman–Crippen MR) is 102 cm³/mol. The van der Waals surface area contributed by atoms with Crippen molar-refractivity contribution in [3.63, 3.8) is 0 Å². The van der Waals surface area contributed by atoms with Gasteiger partial charge in [0, 0.05) is 11.1 Å². The van der Waals surface area contributed by atoms with Gasteiger partial charge in [0.1, 0.15) is 5.75 Å². The molecule has 1 aliphatic heterocycles. The average molecular weight is 339 g/mol. The second-order valence-electron chi connectivity index (χ2n) is 6.38. The third kappa shape index (κ3) is 2.39. The quantitative estimate of drug-likeness (QED) is 0.480. The zero-order valence-corrected chi connectivity index (χ0v) is 14.4. The van der Waals surface area contributed by atoms with E-state index < -0.39 is 0 Å². The van der Waals surface area contributed by atoms with E-state index in [1.54, 1.807) is 7.11 Å². The molecule has 1 aromatic heterocycles. The van der Waals surface area contributed by atoms with Gasteiger partial charge in [-0.1, -0.05) is 60.7 Å². The molecular formula is C22H17N3O. The van der Waals surface area contributed by atoms with E-state index in [1.165, 1.54) is 16.7 Å². The fourth-order valence-electron chi connectivity index (χ4n) is 3.41. The highest BCUT2D eigenvalue weighted by Crippen LogP contribution is 2.34. The van der Waals surface area contributed by atoms with E-state index in [2.05, 4.69) is 54.6 Å². The minimum Gasteiger partial charge on any atom is -0.497 e. The van der Waals surface area contributed by atoms with Gasteiger partial charge in [-0.05, 0) is 28.8 Å². The lowest BCUT2D eigenvalue weighted by Gasteiger charge is -2.03. The number of benzene rings is 3. The van der Waals surface area contributed by atoms with E-state index in [0.717, 1.165) is 35.1 Å². The molecule has 2 heterocycles. The molecule has 0 fully saturated rings. The molecule has 0 spiro atoms. The summed E-state index contributed by atoms with van der Waals surface area (Å²) < 4.78 is 7.31. The summed E-state index contributed by atoms with van der Waals surface area (Å²) in [5, 5.41) is 4.70. The van der Waals surface area contributed by atoms with Crippen LogP contribution in [0.25, 0.3) is 33.9 Å². The highest BCUT2D eigenvalue weighted by Gasteiger charge is 2.23. The molecular weight excluding hydrogens is 322 g/mol. The molecule has 126 valence electrons. The number of fused-ring (bicyclic) bond motifs is 3. The molecule has 4 heteroatoms. The van der Waals surface area contributed by atoms with Crippen LogP contribution in [0.2, 0.25) is 0 Å². The molecule has 0 radical (unpaired) electrons. The molecule has 4 aromatic rings.